The molecule has 3 aromatic rings. The maximum absolute atomic E-state index is 13.1. The lowest BCUT2D eigenvalue weighted by atomic mass is 10.1. The number of fused-ring (bicyclic) bond motifs is 1. The smallest absolute Gasteiger partial charge is 0.254 e. The van der Waals surface area contributed by atoms with Gasteiger partial charge in [0.05, 0.1) is 19.8 Å². The predicted molar refractivity (Wildman–Crippen MR) is 106 cm³/mol. The number of aromatic nitrogens is 1. The minimum Gasteiger partial charge on any atom is -0.497 e. The Hall–Kier alpha value is -2.95. The molecule has 1 aliphatic rings. The Labute approximate surface area is 158 Å². The molecule has 1 amide bonds. The molecule has 0 unspecified atom stereocenters. The number of para-hydroxylation sites is 1. The summed E-state index contributed by atoms with van der Waals surface area (Å²) in [5, 5.41) is 4.00. The van der Waals surface area contributed by atoms with Crippen molar-refractivity contribution in [2.45, 2.75) is 32.4 Å². The van der Waals surface area contributed by atoms with Crippen LogP contribution in [-0.2, 0) is 6.54 Å². The van der Waals surface area contributed by atoms with Crippen LogP contribution in [0.1, 0.15) is 40.5 Å². The zero-order valence-corrected chi connectivity index (χ0v) is 15.9. The average molecular weight is 364 g/mol. The monoisotopic (exact) mass is 364 g/mol. The number of nitrogens with one attached hydrogen (secondary N) is 1. The lowest BCUT2D eigenvalue weighted by Gasteiger charge is -2.10. The van der Waals surface area contributed by atoms with Crippen molar-refractivity contribution < 1.29 is 14.3 Å². The molecule has 0 radical (unpaired) electrons. The number of amides is 1. The van der Waals surface area contributed by atoms with E-state index in [1.54, 1.807) is 14.2 Å². The van der Waals surface area contributed by atoms with Gasteiger partial charge in [-0.25, -0.2) is 0 Å². The molecule has 1 saturated carbocycles. The normalized spacial score (nSPS) is 13.6. The van der Waals surface area contributed by atoms with Gasteiger partial charge in [0.25, 0.3) is 5.91 Å². The van der Waals surface area contributed by atoms with E-state index in [4.69, 9.17) is 9.47 Å². The summed E-state index contributed by atoms with van der Waals surface area (Å²) in [5.74, 6) is 1.46. The number of benzene rings is 2. The van der Waals surface area contributed by atoms with E-state index < -0.39 is 0 Å². The number of carbonyl (C=O) groups excluding carboxylic acids is 1. The van der Waals surface area contributed by atoms with Gasteiger partial charge in [0, 0.05) is 34.7 Å². The van der Waals surface area contributed by atoms with Crippen LogP contribution in [0, 0.1) is 6.92 Å². The lowest BCUT2D eigenvalue weighted by molar-refractivity contribution is 0.0951. The highest BCUT2D eigenvalue weighted by Gasteiger charge is 2.30. The third-order valence-electron chi connectivity index (χ3n) is 5.23. The number of rotatable bonds is 6. The van der Waals surface area contributed by atoms with E-state index in [1.165, 1.54) is 12.8 Å². The third-order valence-corrected chi connectivity index (χ3v) is 5.23. The Balaban J connectivity index is 1.69. The minimum atomic E-state index is -0.0731. The second-order valence-corrected chi connectivity index (χ2v) is 6.94. The average Bonchev–Trinajstić information content (AvgIpc) is 3.48. The van der Waals surface area contributed by atoms with Crippen molar-refractivity contribution in [3.63, 3.8) is 0 Å². The molecule has 1 aliphatic carbocycles. The van der Waals surface area contributed by atoms with Crippen LogP contribution < -0.4 is 14.8 Å². The molecule has 0 bridgehead atoms. The molecule has 5 heteroatoms. The van der Waals surface area contributed by atoms with Gasteiger partial charge in [-0.2, -0.15) is 0 Å². The van der Waals surface area contributed by atoms with Gasteiger partial charge in [0.1, 0.15) is 11.5 Å². The van der Waals surface area contributed by atoms with E-state index in [2.05, 4.69) is 16.0 Å². The molecule has 27 heavy (non-hydrogen) atoms. The van der Waals surface area contributed by atoms with Crippen LogP contribution >= 0.6 is 0 Å². The van der Waals surface area contributed by atoms with Gasteiger partial charge in [-0.15, -0.1) is 0 Å². The van der Waals surface area contributed by atoms with E-state index in [9.17, 15) is 4.79 Å². The van der Waals surface area contributed by atoms with Crippen molar-refractivity contribution in [3.05, 3.63) is 59.3 Å². The SMILES string of the molecule is COc1ccc2c(c1)c(C(=O)NCc1ccccc1OC)c(C)n2C1CC1. The fraction of sp³-hybridized carbons (Fsp3) is 0.318. The molecule has 1 heterocycles. The molecule has 0 spiro atoms. The summed E-state index contributed by atoms with van der Waals surface area (Å²) in [6, 6.07) is 14.2. The number of ether oxygens (including phenoxy) is 2. The van der Waals surface area contributed by atoms with Gasteiger partial charge >= 0.3 is 0 Å². The highest BCUT2D eigenvalue weighted by atomic mass is 16.5. The van der Waals surface area contributed by atoms with E-state index in [0.29, 0.717) is 12.6 Å². The van der Waals surface area contributed by atoms with Gasteiger partial charge < -0.3 is 19.4 Å². The van der Waals surface area contributed by atoms with Gasteiger partial charge in [0.15, 0.2) is 0 Å². The Kier molecular flexibility index (Phi) is 4.52. The fourth-order valence-electron chi connectivity index (χ4n) is 3.75. The maximum atomic E-state index is 13.1. The summed E-state index contributed by atoms with van der Waals surface area (Å²) in [6.07, 6.45) is 2.33. The van der Waals surface area contributed by atoms with Gasteiger partial charge in [-0.3, -0.25) is 4.79 Å². The second kappa shape index (κ2) is 6.99. The standard InChI is InChI=1S/C22H24N2O3/c1-14-21(22(25)23-13-15-6-4-5-7-20(15)27-3)18-12-17(26-2)10-11-19(18)24(14)16-8-9-16/h4-7,10-12,16H,8-9,13H2,1-3H3,(H,23,25). The molecule has 0 saturated heterocycles. The Bertz CT molecular complexity index is 1000. The molecule has 0 atom stereocenters. The van der Waals surface area contributed by atoms with Crippen molar-refractivity contribution in [1.82, 2.24) is 9.88 Å². The van der Waals surface area contributed by atoms with Crippen LogP contribution in [0.2, 0.25) is 0 Å². The number of carbonyl (C=O) groups is 1. The van der Waals surface area contributed by atoms with Gasteiger partial charge in [0.2, 0.25) is 0 Å². The number of hydrogen-bond donors (Lipinski definition) is 1. The predicted octanol–water partition coefficient (Wildman–Crippen LogP) is 4.23. The second-order valence-electron chi connectivity index (χ2n) is 6.94. The van der Waals surface area contributed by atoms with E-state index in [-0.39, 0.29) is 5.91 Å². The highest BCUT2D eigenvalue weighted by molar-refractivity contribution is 6.08. The highest BCUT2D eigenvalue weighted by Crippen LogP contribution is 2.41. The Morgan fingerprint density at radius 2 is 1.93 bits per heavy atom. The van der Waals surface area contributed by atoms with Crippen molar-refractivity contribution >= 4 is 16.8 Å². The van der Waals surface area contributed by atoms with E-state index in [1.807, 2.05) is 43.3 Å². The molecular formula is C22H24N2O3. The largest absolute Gasteiger partial charge is 0.497 e. The zero-order chi connectivity index (χ0) is 19.0. The van der Waals surface area contributed by atoms with Crippen molar-refractivity contribution in [1.29, 1.82) is 0 Å². The van der Waals surface area contributed by atoms with Crippen LogP contribution in [0.5, 0.6) is 11.5 Å². The maximum Gasteiger partial charge on any atom is 0.254 e. The van der Waals surface area contributed by atoms with Gasteiger partial charge in [-0.05, 0) is 44.0 Å². The molecule has 5 nitrogen and oxygen atoms in total. The van der Waals surface area contributed by atoms with Crippen molar-refractivity contribution in [2.75, 3.05) is 14.2 Å². The summed E-state index contributed by atoms with van der Waals surface area (Å²) < 4.78 is 13.1. The van der Waals surface area contributed by atoms with Crippen LogP contribution in [0.15, 0.2) is 42.5 Å². The quantitative estimate of drug-likeness (QED) is 0.712. The zero-order valence-electron chi connectivity index (χ0n) is 15.9. The summed E-state index contributed by atoms with van der Waals surface area (Å²) in [7, 11) is 3.29. The molecule has 2 aromatic carbocycles. The van der Waals surface area contributed by atoms with Crippen molar-refractivity contribution in [3.8, 4) is 11.5 Å². The first kappa shape index (κ1) is 17.5. The summed E-state index contributed by atoms with van der Waals surface area (Å²) in [4.78, 5) is 13.1. The molecule has 1 aromatic heterocycles. The topological polar surface area (TPSA) is 52.5 Å². The summed E-state index contributed by atoms with van der Waals surface area (Å²) in [5.41, 5.74) is 3.79. The molecular weight excluding hydrogens is 340 g/mol. The van der Waals surface area contributed by atoms with E-state index >= 15 is 0 Å². The molecule has 0 aliphatic heterocycles. The van der Waals surface area contributed by atoms with Crippen molar-refractivity contribution in [2.24, 2.45) is 0 Å². The minimum absolute atomic E-state index is 0.0731. The fourth-order valence-corrected chi connectivity index (χ4v) is 3.75. The summed E-state index contributed by atoms with van der Waals surface area (Å²) in [6.45, 7) is 2.45. The molecule has 140 valence electrons. The van der Waals surface area contributed by atoms with Gasteiger partial charge in [-0.1, -0.05) is 18.2 Å². The first-order chi connectivity index (χ1) is 13.1. The van der Waals surface area contributed by atoms with Crippen LogP contribution in [0.3, 0.4) is 0 Å². The lowest BCUT2D eigenvalue weighted by Crippen LogP contribution is -2.23. The number of nitrogens with zero attached hydrogens (tertiary/aromatic N) is 1. The van der Waals surface area contributed by atoms with Crippen LogP contribution in [-0.4, -0.2) is 24.7 Å². The number of methoxy groups -OCH3 is 2. The molecule has 1 fully saturated rings. The molecule has 4 rings (SSSR count). The summed E-state index contributed by atoms with van der Waals surface area (Å²) >= 11 is 0. The Morgan fingerprint density at radius 3 is 2.63 bits per heavy atom. The molecule has 1 N–H and O–H groups in total. The van der Waals surface area contributed by atoms with Crippen LogP contribution in [0.4, 0.5) is 0 Å². The van der Waals surface area contributed by atoms with E-state index in [0.717, 1.165) is 39.2 Å². The first-order valence-corrected chi connectivity index (χ1v) is 9.22. The van der Waals surface area contributed by atoms with Crippen LogP contribution in [0.25, 0.3) is 10.9 Å². The Morgan fingerprint density at radius 1 is 1.15 bits per heavy atom. The number of hydrogen-bond acceptors (Lipinski definition) is 3. The first-order valence-electron chi connectivity index (χ1n) is 9.22. The third kappa shape index (κ3) is 3.14.